The van der Waals surface area contributed by atoms with Crippen LogP contribution in [0.2, 0.25) is 0 Å². The maximum atomic E-state index is 12.7. The minimum Gasteiger partial charge on any atom is -0.461 e. The van der Waals surface area contributed by atoms with Crippen molar-refractivity contribution in [3.05, 3.63) is 24.2 Å². The van der Waals surface area contributed by atoms with E-state index in [1.165, 1.54) is 0 Å². The number of carbonyl (C=O) groups excluding carboxylic acids is 2. The Bertz CT molecular complexity index is 525. The fourth-order valence-corrected chi connectivity index (χ4v) is 1.30. The van der Waals surface area contributed by atoms with Crippen molar-refractivity contribution >= 4 is 11.6 Å². The number of ketones is 2. The molecule has 1 atom stereocenters. The second-order valence-corrected chi connectivity index (χ2v) is 3.75. The zero-order valence-corrected chi connectivity index (χ0v) is 9.56. The maximum absolute atomic E-state index is 12.7. The molecule has 0 saturated carbocycles. The molecule has 0 aliphatic heterocycles. The number of Topliss-reactive ketones (excluding diaryl/α,β-unsaturated/α-hetero) is 2. The fraction of sp³-hybridized carbons (Fsp3) is 0.400. The molecule has 0 bridgehead atoms. The van der Waals surface area contributed by atoms with Crippen LogP contribution >= 0.6 is 0 Å². The van der Waals surface area contributed by atoms with Crippen LogP contribution < -0.4 is 0 Å². The summed E-state index contributed by atoms with van der Waals surface area (Å²) in [7, 11) is 0. The van der Waals surface area contributed by atoms with E-state index in [1.54, 1.807) is 0 Å². The van der Waals surface area contributed by atoms with Crippen molar-refractivity contribution < 1.29 is 49.1 Å². The maximum Gasteiger partial charge on any atom is 0.461 e. The summed E-state index contributed by atoms with van der Waals surface area (Å²) in [5, 5.41) is 0. The Balaban J connectivity index is 3.29. The molecule has 1 unspecified atom stereocenters. The molecule has 21 heavy (non-hydrogen) atoms. The van der Waals surface area contributed by atoms with E-state index in [9.17, 15) is 44.7 Å². The van der Waals surface area contributed by atoms with Crippen molar-refractivity contribution in [1.82, 2.24) is 0 Å². The van der Waals surface area contributed by atoms with Gasteiger partial charge in [-0.15, -0.1) is 0 Å². The van der Waals surface area contributed by atoms with Gasteiger partial charge in [-0.3, -0.25) is 9.59 Å². The number of hydrogen-bond donors (Lipinski definition) is 0. The Kier molecular flexibility index (Phi) is 4.17. The molecule has 0 N–H and O–H groups in total. The van der Waals surface area contributed by atoms with Crippen LogP contribution in [-0.2, 0) is 4.79 Å². The molecule has 118 valence electrons. The van der Waals surface area contributed by atoms with Crippen LogP contribution in [0.1, 0.15) is 10.6 Å². The van der Waals surface area contributed by atoms with Crippen LogP contribution in [0.4, 0.5) is 35.1 Å². The van der Waals surface area contributed by atoms with Gasteiger partial charge in [0.1, 0.15) is 0 Å². The van der Waals surface area contributed by atoms with Gasteiger partial charge in [-0.05, 0) is 12.1 Å². The summed E-state index contributed by atoms with van der Waals surface area (Å²) in [6, 6.07) is 1.49. The number of alkyl halides is 8. The second kappa shape index (κ2) is 5.11. The molecule has 0 spiro atoms. The van der Waals surface area contributed by atoms with E-state index in [0.29, 0.717) is 12.3 Å². The predicted octanol–water partition coefficient (Wildman–Crippen LogP) is 3.41. The quantitative estimate of drug-likeness (QED) is 0.484. The minimum atomic E-state index is -6.56. The van der Waals surface area contributed by atoms with Crippen molar-refractivity contribution in [3.63, 3.8) is 0 Å². The molecular formula is C10H4F8O3. The van der Waals surface area contributed by atoms with Gasteiger partial charge in [-0.25, -0.2) is 0 Å². The molecule has 0 radical (unpaired) electrons. The van der Waals surface area contributed by atoms with E-state index in [0.717, 1.165) is 6.07 Å². The van der Waals surface area contributed by atoms with Gasteiger partial charge < -0.3 is 4.42 Å². The molecule has 0 aromatic carbocycles. The first-order valence-corrected chi connectivity index (χ1v) is 4.93. The Morgan fingerprint density at radius 1 is 1.00 bits per heavy atom. The van der Waals surface area contributed by atoms with E-state index in [-0.39, 0.29) is 0 Å². The highest BCUT2D eigenvalue weighted by Gasteiger charge is 2.69. The highest BCUT2D eigenvalue weighted by molar-refractivity contribution is 6.12. The lowest BCUT2D eigenvalue weighted by Crippen LogP contribution is -2.52. The molecule has 0 saturated heterocycles. The van der Waals surface area contributed by atoms with E-state index in [1.807, 2.05) is 0 Å². The summed E-state index contributed by atoms with van der Waals surface area (Å²) in [6.07, 6.45) is -11.8. The Hall–Kier alpha value is -1.94. The van der Waals surface area contributed by atoms with E-state index in [2.05, 4.69) is 4.42 Å². The monoisotopic (exact) mass is 324 g/mol. The normalized spacial score (nSPS) is 14.9. The molecule has 3 nitrogen and oxygen atoms in total. The summed E-state index contributed by atoms with van der Waals surface area (Å²) in [5.74, 6) is -17.6. The van der Waals surface area contributed by atoms with Gasteiger partial charge in [0.05, 0.1) is 6.26 Å². The molecule has 11 heteroatoms. The summed E-state index contributed by atoms with van der Waals surface area (Å²) < 4.78 is 103. The Labute approximate surface area is 110 Å². The summed E-state index contributed by atoms with van der Waals surface area (Å²) in [6.45, 7) is 0. The number of furan rings is 1. The number of carbonyl (C=O) groups is 2. The van der Waals surface area contributed by atoms with Crippen molar-refractivity contribution in [2.45, 2.75) is 18.3 Å². The zero-order valence-electron chi connectivity index (χ0n) is 9.56. The van der Waals surface area contributed by atoms with Crippen molar-refractivity contribution in [2.24, 2.45) is 5.92 Å². The van der Waals surface area contributed by atoms with Gasteiger partial charge in [0.2, 0.25) is 11.6 Å². The zero-order chi connectivity index (χ0) is 16.6. The van der Waals surface area contributed by atoms with Gasteiger partial charge in [-0.2, -0.15) is 35.1 Å². The van der Waals surface area contributed by atoms with E-state index >= 15 is 0 Å². The van der Waals surface area contributed by atoms with Crippen LogP contribution in [0.5, 0.6) is 0 Å². The van der Waals surface area contributed by atoms with Gasteiger partial charge in [0, 0.05) is 0 Å². The lowest BCUT2D eigenvalue weighted by Gasteiger charge is -2.24. The van der Waals surface area contributed by atoms with E-state index in [4.69, 9.17) is 0 Å². The summed E-state index contributed by atoms with van der Waals surface area (Å²) in [4.78, 5) is 22.3. The molecule has 0 aliphatic rings. The lowest BCUT2D eigenvalue weighted by atomic mass is 9.92. The Morgan fingerprint density at radius 2 is 1.52 bits per heavy atom. The Morgan fingerprint density at radius 3 is 1.86 bits per heavy atom. The number of rotatable bonds is 4. The average Bonchev–Trinajstić information content (AvgIpc) is 2.78. The van der Waals surface area contributed by atoms with Crippen LogP contribution in [0.25, 0.3) is 0 Å². The van der Waals surface area contributed by atoms with Gasteiger partial charge in [0.15, 0.2) is 11.7 Å². The van der Waals surface area contributed by atoms with Gasteiger partial charge >= 0.3 is 18.3 Å². The topological polar surface area (TPSA) is 47.3 Å². The highest BCUT2D eigenvalue weighted by Crippen LogP contribution is 2.42. The fourth-order valence-electron chi connectivity index (χ4n) is 1.30. The molecule has 1 aromatic rings. The predicted molar refractivity (Wildman–Crippen MR) is 48.6 cm³/mol. The number of halogens is 8. The first-order chi connectivity index (χ1) is 9.30. The third kappa shape index (κ3) is 3.22. The standard InChI is InChI=1S/C10H4F8O3/c11-8(12,10(16,17)18)7(20)5(9(13,14)15)6(19)4-2-1-3-21-4/h1-3,5H. The molecule has 1 aromatic heterocycles. The molecule has 0 aliphatic carbocycles. The van der Waals surface area contributed by atoms with E-state index < -0.39 is 41.5 Å². The third-order valence-electron chi connectivity index (χ3n) is 2.28. The van der Waals surface area contributed by atoms with Crippen LogP contribution in [0, 0.1) is 5.92 Å². The van der Waals surface area contributed by atoms with Crippen LogP contribution in [0.3, 0.4) is 0 Å². The van der Waals surface area contributed by atoms with Gasteiger partial charge in [0.25, 0.3) is 0 Å². The molecule has 1 heterocycles. The summed E-state index contributed by atoms with van der Waals surface area (Å²) in [5.41, 5.74) is 0. The largest absolute Gasteiger partial charge is 0.461 e. The number of hydrogen-bond acceptors (Lipinski definition) is 3. The van der Waals surface area contributed by atoms with Crippen molar-refractivity contribution in [1.29, 1.82) is 0 Å². The smallest absolute Gasteiger partial charge is 0.461 e. The van der Waals surface area contributed by atoms with Crippen LogP contribution in [-0.4, -0.2) is 29.8 Å². The minimum absolute atomic E-state index is 0.597. The SMILES string of the molecule is O=C(c1ccco1)C(C(=O)C(F)(F)C(F)(F)F)C(F)(F)F. The first kappa shape index (κ1) is 17.1. The summed E-state index contributed by atoms with van der Waals surface area (Å²) >= 11 is 0. The molecule has 1 rings (SSSR count). The molecular weight excluding hydrogens is 320 g/mol. The van der Waals surface area contributed by atoms with Crippen molar-refractivity contribution in [2.75, 3.05) is 0 Å². The first-order valence-electron chi connectivity index (χ1n) is 4.93. The van der Waals surface area contributed by atoms with Crippen LogP contribution in [0.15, 0.2) is 22.8 Å². The highest BCUT2D eigenvalue weighted by atomic mass is 19.4. The third-order valence-corrected chi connectivity index (χ3v) is 2.28. The molecule has 0 amide bonds. The van der Waals surface area contributed by atoms with Crippen molar-refractivity contribution in [3.8, 4) is 0 Å². The second-order valence-electron chi connectivity index (χ2n) is 3.75. The van der Waals surface area contributed by atoms with Gasteiger partial charge in [-0.1, -0.05) is 0 Å². The average molecular weight is 324 g/mol. The lowest BCUT2D eigenvalue weighted by molar-refractivity contribution is -0.275. The molecule has 0 fully saturated rings.